The van der Waals surface area contributed by atoms with Crippen molar-refractivity contribution in [3.63, 3.8) is 0 Å². The van der Waals surface area contributed by atoms with Crippen molar-refractivity contribution >= 4 is 28.5 Å². The van der Waals surface area contributed by atoms with Crippen LogP contribution in [0.3, 0.4) is 0 Å². The van der Waals surface area contributed by atoms with Gasteiger partial charge in [0.1, 0.15) is 11.5 Å². The molecule has 0 aliphatic rings. The highest BCUT2D eigenvalue weighted by atomic mass is 32.4. The van der Waals surface area contributed by atoms with Crippen LogP contribution < -0.4 is 20.1 Å². The Balaban J connectivity index is 2.42. The van der Waals surface area contributed by atoms with Gasteiger partial charge in [-0.3, -0.25) is 0 Å². The number of methoxy groups -OCH3 is 2. The molecule has 0 aliphatic carbocycles. The van der Waals surface area contributed by atoms with Crippen molar-refractivity contribution in [2.75, 3.05) is 20.6 Å². The van der Waals surface area contributed by atoms with Crippen LogP contribution in [0.5, 0.6) is 11.5 Å². The molecule has 0 spiro atoms. The summed E-state index contributed by atoms with van der Waals surface area (Å²) < 4.78 is 10.3. The first kappa shape index (κ1) is 15.0. The maximum absolute atomic E-state index is 9.83. The summed E-state index contributed by atoms with van der Waals surface area (Å²) in [6.45, 7) is 0. The van der Waals surface area contributed by atoms with E-state index in [0.29, 0.717) is 0 Å². The first-order valence-corrected chi connectivity index (χ1v) is 9.12. The topological polar surface area (TPSA) is 38.7 Å². The normalized spacial score (nSPS) is 11.2. The first-order valence-electron chi connectivity index (χ1n) is 6.13. The van der Waals surface area contributed by atoms with Crippen LogP contribution in [0.25, 0.3) is 0 Å². The molecule has 0 aromatic heterocycles. The lowest BCUT2D eigenvalue weighted by Crippen LogP contribution is -2.18. The molecule has 0 aliphatic heterocycles. The summed E-state index contributed by atoms with van der Waals surface area (Å²) in [4.78, 5) is 0. The zero-order valence-corrected chi connectivity index (χ0v) is 13.2. The second kappa shape index (κ2) is 6.40. The van der Waals surface area contributed by atoms with Gasteiger partial charge in [0.2, 0.25) is 0 Å². The maximum atomic E-state index is 9.83. The zero-order chi connectivity index (χ0) is 14.6. The fraction of sp³-hybridized carbons (Fsp3) is 0.200. The molecular formula is C15H17O3PS. The summed E-state index contributed by atoms with van der Waals surface area (Å²) in [6, 6.07) is 13.0. The molecule has 0 atom stereocenters. The Labute approximate surface area is 124 Å². The molecule has 3 nitrogen and oxygen atoms in total. The van der Waals surface area contributed by atoms with Gasteiger partial charge in [-0.25, -0.2) is 0 Å². The first-order chi connectivity index (χ1) is 9.63. The van der Waals surface area contributed by atoms with Crippen LogP contribution in [0.2, 0.25) is 0 Å². The predicted molar refractivity (Wildman–Crippen MR) is 86.6 cm³/mol. The van der Waals surface area contributed by atoms with Crippen LogP contribution in [0.4, 0.5) is 0 Å². The zero-order valence-electron chi connectivity index (χ0n) is 11.4. The lowest BCUT2D eigenvalue weighted by Gasteiger charge is -2.21. The van der Waals surface area contributed by atoms with Gasteiger partial charge in [0, 0.05) is 6.04 Å². The third-order valence-electron chi connectivity index (χ3n) is 3.18. The van der Waals surface area contributed by atoms with Crippen molar-refractivity contribution in [2.45, 2.75) is 0 Å². The van der Waals surface area contributed by atoms with E-state index in [9.17, 15) is 5.11 Å². The van der Waals surface area contributed by atoms with Gasteiger partial charge in [0.25, 0.3) is 0 Å². The van der Waals surface area contributed by atoms with E-state index < -0.39 is 6.04 Å². The van der Waals surface area contributed by atoms with Crippen LogP contribution in [0.1, 0.15) is 0 Å². The van der Waals surface area contributed by atoms with Crippen molar-refractivity contribution in [3.8, 4) is 11.5 Å². The highest BCUT2D eigenvalue weighted by Gasteiger charge is 2.21. The number of aliphatic hydroxyl groups is 1. The predicted octanol–water partition coefficient (Wildman–Crippen LogP) is 2.08. The van der Waals surface area contributed by atoms with Gasteiger partial charge in [-0.15, -0.1) is 0 Å². The maximum Gasteiger partial charge on any atom is 0.118 e. The second-order valence-electron chi connectivity index (χ2n) is 4.28. The molecule has 2 aromatic carbocycles. The summed E-state index contributed by atoms with van der Waals surface area (Å²) in [5.41, 5.74) is 0. The van der Waals surface area contributed by atoms with E-state index in [1.54, 1.807) is 14.2 Å². The molecule has 0 amide bonds. The van der Waals surface area contributed by atoms with E-state index >= 15 is 0 Å². The van der Waals surface area contributed by atoms with E-state index in [-0.39, 0.29) is 6.35 Å². The Kier molecular flexibility index (Phi) is 4.81. The summed E-state index contributed by atoms with van der Waals surface area (Å²) >= 11 is 5.77. The summed E-state index contributed by atoms with van der Waals surface area (Å²) in [5.74, 6) is 1.56. The lowest BCUT2D eigenvalue weighted by atomic mass is 10.3. The van der Waals surface area contributed by atoms with Crippen LogP contribution in [0, 0.1) is 0 Å². The number of ether oxygens (including phenoxy) is 2. The minimum absolute atomic E-state index is 0.0407. The molecule has 5 heteroatoms. The van der Waals surface area contributed by atoms with Gasteiger partial charge in [0.05, 0.1) is 20.6 Å². The number of hydrogen-bond donors (Lipinski definition) is 1. The van der Waals surface area contributed by atoms with Crippen molar-refractivity contribution < 1.29 is 14.6 Å². The molecule has 20 heavy (non-hydrogen) atoms. The Bertz CT molecular complexity index is 557. The van der Waals surface area contributed by atoms with Gasteiger partial charge in [-0.05, 0) is 59.1 Å². The monoisotopic (exact) mass is 308 g/mol. The molecule has 2 rings (SSSR count). The molecule has 0 saturated carbocycles. The molecule has 0 heterocycles. The molecule has 0 fully saturated rings. The van der Waals surface area contributed by atoms with E-state index in [1.165, 1.54) is 0 Å². The summed E-state index contributed by atoms with van der Waals surface area (Å²) in [5, 5.41) is 11.8. The van der Waals surface area contributed by atoms with Crippen molar-refractivity contribution in [3.05, 3.63) is 48.5 Å². The van der Waals surface area contributed by atoms with Gasteiger partial charge >= 0.3 is 0 Å². The van der Waals surface area contributed by atoms with Gasteiger partial charge in [-0.2, -0.15) is 0 Å². The van der Waals surface area contributed by atoms with Crippen LogP contribution >= 0.6 is 6.04 Å². The minimum Gasteiger partial charge on any atom is -0.497 e. The fourth-order valence-corrected chi connectivity index (χ4v) is 4.57. The smallest absolute Gasteiger partial charge is 0.118 e. The van der Waals surface area contributed by atoms with Crippen LogP contribution in [-0.2, 0) is 11.8 Å². The molecular weight excluding hydrogens is 291 g/mol. The molecule has 0 unspecified atom stereocenters. The Hall–Kier alpha value is -1.35. The molecule has 0 bridgehead atoms. The second-order valence-corrected chi connectivity index (χ2v) is 8.94. The standard InChI is InChI=1S/C15H17O3PS/c1-17-12-3-7-14(8-4-12)19(20,11-16)15-9-5-13(18-2)6-10-15/h3-10,16H,11H2,1-2H3. The highest BCUT2D eigenvalue weighted by Crippen LogP contribution is 2.43. The third kappa shape index (κ3) is 2.88. The largest absolute Gasteiger partial charge is 0.497 e. The molecule has 106 valence electrons. The quantitative estimate of drug-likeness (QED) is 0.859. The van der Waals surface area contributed by atoms with E-state index in [2.05, 4.69) is 0 Å². The number of rotatable bonds is 5. The third-order valence-corrected chi connectivity index (χ3v) is 7.45. The molecule has 2 aromatic rings. The Morgan fingerprint density at radius 3 is 1.45 bits per heavy atom. The number of benzene rings is 2. The summed E-state index contributed by atoms with van der Waals surface area (Å²) in [6.07, 6.45) is -0.0407. The Morgan fingerprint density at radius 2 is 1.20 bits per heavy atom. The highest BCUT2D eigenvalue weighted by molar-refractivity contribution is 8.21. The van der Waals surface area contributed by atoms with Crippen molar-refractivity contribution in [2.24, 2.45) is 0 Å². The van der Waals surface area contributed by atoms with Crippen molar-refractivity contribution in [1.82, 2.24) is 0 Å². The molecule has 0 radical (unpaired) electrons. The van der Waals surface area contributed by atoms with Gasteiger partial charge < -0.3 is 14.6 Å². The fourth-order valence-electron chi connectivity index (χ4n) is 1.96. The average Bonchev–Trinajstić information content (AvgIpc) is 2.54. The Morgan fingerprint density at radius 1 is 0.850 bits per heavy atom. The van der Waals surface area contributed by atoms with Crippen LogP contribution in [0.15, 0.2) is 48.5 Å². The van der Waals surface area contributed by atoms with Crippen molar-refractivity contribution in [1.29, 1.82) is 0 Å². The lowest BCUT2D eigenvalue weighted by molar-refractivity contribution is 0.371. The number of aliphatic hydroxyl groups excluding tert-OH is 1. The summed E-state index contributed by atoms with van der Waals surface area (Å²) in [7, 11) is 3.25. The molecule has 0 saturated heterocycles. The van der Waals surface area contributed by atoms with E-state index in [1.807, 2.05) is 48.5 Å². The number of hydrogen-bond acceptors (Lipinski definition) is 4. The van der Waals surface area contributed by atoms with Gasteiger partial charge in [-0.1, -0.05) is 11.8 Å². The SMILES string of the molecule is COc1ccc(P(=S)(CO)c2ccc(OC)cc2)cc1. The average molecular weight is 308 g/mol. The van der Waals surface area contributed by atoms with Crippen LogP contribution in [-0.4, -0.2) is 25.7 Å². The van der Waals surface area contributed by atoms with E-state index in [4.69, 9.17) is 21.3 Å². The van der Waals surface area contributed by atoms with Gasteiger partial charge in [0.15, 0.2) is 0 Å². The van der Waals surface area contributed by atoms with E-state index in [0.717, 1.165) is 22.1 Å². The minimum atomic E-state index is -2.19. The molecule has 1 N–H and O–H groups in total.